The Bertz CT molecular complexity index is 836. The van der Waals surface area contributed by atoms with Crippen LogP contribution in [-0.2, 0) is 15.8 Å². The minimum absolute atomic E-state index is 0.0257. The van der Waals surface area contributed by atoms with Crippen LogP contribution in [0.5, 0.6) is 0 Å². The summed E-state index contributed by atoms with van der Waals surface area (Å²) < 4.78 is 38.8. The Morgan fingerprint density at radius 1 is 1.11 bits per heavy atom. The Balaban J connectivity index is 2.16. The van der Waals surface area contributed by atoms with Crippen molar-refractivity contribution in [3.63, 3.8) is 0 Å². The molecule has 0 aliphatic carbocycles. The van der Waals surface area contributed by atoms with Crippen LogP contribution >= 0.6 is 11.6 Å². The number of benzene rings is 2. The molecule has 2 N–H and O–H groups in total. The van der Waals surface area contributed by atoms with E-state index in [-0.39, 0.29) is 18.0 Å². The lowest BCUT2D eigenvalue weighted by Crippen LogP contribution is -2.29. The molecule has 0 spiro atoms. The number of hydrogen-bond acceptors (Lipinski definition) is 2. The molecule has 0 saturated heterocycles. The quantitative estimate of drug-likeness (QED) is 0.754. The fraction of sp³-hybridized carbons (Fsp3) is 0.263. The molecule has 1 unspecified atom stereocenters. The highest BCUT2D eigenvalue weighted by molar-refractivity contribution is 6.31. The second-order valence-electron chi connectivity index (χ2n) is 6.11. The third kappa shape index (κ3) is 5.99. The summed E-state index contributed by atoms with van der Waals surface area (Å²) in [5, 5.41) is 4.65. The number of nitrogens with one attached hydrogen (secondary N) is 2. The first-order chi connectivity index (χ1) is 12.6. The van der Waals surface area contributed by atoms with E-state index in [0.29, 0.717) is 0 Å². The van der Waals surface area contributed by atoms with Crippen LogP contribution in [0.1, 0.15) is 36.1 Å². The summed E-state index contributed by atoms with van der Waals surface area (Å²) in [5.74, 6) is -0.857. The molecule has 2 rings (SSSR count). The van der Waals surface area contributed by atoms with Gasteiger partial charge in [0.15, 0.2) is 0 Å². The lowest BCUT2D eigenvalue weighted by atomic mass is 10.0. The van der Waals surface area contributed by atoms with Crippen molar-refractivity contribution in [2.45, 2.75) is 32.5 Å². The average Bonchev–Trinajstić information content (AvgIpc) is 2.55. The maximum atomic E-state index is 12.9. The minimum atomic E-state index is -4.63. The van der Waals surface area contributed by atoms with Gasteiger partial charge in [0.25, 0.3) is 0 Å². The fourth-order valence-electron chi connectivity index (χ4n) is 2.51. The molecule has 0 aliphatic rings. The van der Waals surface area contributed by atoms with Gasteiger partial charge in [-0.2, -0.15) is 13.2 Å². The number of aryl methyl sites for hydroxylation is 1. The van der Waals surface area contributed by atoms with Crippen LogP contribution in [0.15, 0.2) is 42.5 Å². The summed E-state index contributed by atoms with van der Waals surface area (Å²) in [6.45, 7) is 3.23. The van der Waals surface area contributed by atoms with Crippen molar-refractivity contribution < 1.29 is 22.8 Å². The molecule has 2 aromatic carbocycles. The Kier molecular flexibility index (Phi) is 6.49. The molecule has 2 aromatic rings. The molecular weight excluding hydrogens is 381 g/mol. The fourth-order valence-corrected chi connectivity index (χ4v) is 2.74. The monoisotopic (exact) mass is 398 g/mol. The van der Waals surface area contributed by atoms with Crippen LogP contribution in [0.3, 0.4) is 0 Å². The second-order valence-corrected chi connectivity index (χ2v) is 6.52. The second kappa shape index (κ2) is 8.43. The van der Waals surface area contributed by atoms with E-state index in [4.69, 9.17) is 11.6 Å². The Morgan fingerprint density at radius 3 is 2.30 bits per heavy atom. The summed E-state index contributed by atoms with van der Waals surface area (Å²) in [6.07, 6.45) is -4.76. The van der Waals surface area contributed by atoms with E-state index in [1.807, 2.05) is 19.1 Å². The number of alkyl halides is 3. The van der Waals surface area contributed by atoms with Gasteiger partial charge in [0.2, 0.25) is 11.8 Å². The normalized spacial score (nSPS) is 12.4. The Hall–Kier alpha value is -2.54. The van der Waals surface area contributed by atoms with Crippen LogP contribution in [-0.4, -0.2) is 11.8 Å². The number of rotatable bonds is 5. The summed E-state index contributed by atoms with van der Waals surface area (Å²) in [7, 11) is 0. The number of carbonyl (C=O) groups excluding carboxylic acids is 2. The van der Waals surface area contributed by atoms with Gasteiger partial charge in [0.1, 0.15) is 0 Å². The third-order valence-electron chi connectivity index (χ3n) is 3.80. The molecule has 4 nitrogen and oxygen atoms in total. The molecule has 0 aliphatic heterocycles. The lowest BCUT2D eigenvalue weighted by Gasteiger charge is -2.19. The zero-order chi connectivity index (χ0) is 20.2. The standard InChI is InChI=1S/C19H18ClF3N2O2/c1-11-3-5-13(6-4-11)17(24-12(2)26)10-18(27)25-14-7-8-16(20)15(9-14)19(21,22)23/h3-9,17H,10H2,1-2H3,(H,24,26)(H,25,27). The van der Waals surface area contributed by atoms with Crippen LogP contribution in [0, 0.1) is 6.92 Å². The molecule has 2 amide bonds. The van der Waals surface area contributed by atoms with Gasteiger partial charge in [0, 0.05) is 12.6 Å². The summed E-state index contributed by atoms with van der Waals surface area (Å²) in [6, 6.07) is 9.80. The summed E-state index contributed by atoms with van der Waals surface area (Å²) in [5.41, 5.74) is 0.685. The van der Waals surface area contributed by atoms with Crippen molar-refractivity contribution in [2.75, 3.05) is 5.32 Å². The molecule has 0 radical (unpaired) electrons. The maximum absolute atomic E-state index is 12.9. The number of anilines is 1. The molecular formula is C19H18ClF3N2O2. The maximum Gasteiger partial charge on any atom is 0.417 e. The SMILES string of the molecule is CC(=O)NC(CC(=O)Nc1ccc(Cl)c(C(F)(F)F)c1)c1ccc(C)cc1. The first kappa shape index (κ1) is 20.8. The van der Waals surface area contributed by atoms with Crippen molar-refractivity contribution in [3.05, 3.63) is 64.2 Å². The lowest BCUT2D eigenvalue weighted by molar-refractivity contribution is -0.137. The molecule has 1 atom stereocenters. The molecule has 0 bridgehead atoms. The largest absolute Gasteiger partial charge is 0.417 e. The molecule has 0 saturated carbocycles. The summed E-state index contributed by atoms with van der Waals surface area (Å²) in [4.78, 5) is 23.8. The average molecular weight is 399 g/mol. The van der Waals surface area contributed by atoms with Gasteiger partial charge in [0.05, 0.1) is 23.0 Å². The van der Waals surface area contributed by atoms with Crippen molar-refractivity contribution in [1.82, 2.24) is 5.32 Å². The predicted molar refractivity (Wildman–Crippen MR) is 97.4 cm³/mol. The van der Waals surface area contributed by atoms with Crippen LogP contribution in [0.2, 0.25) is 5.02 Å². The minimum Gasteiger partial charge on any atom is -0.349 e. The zero-order valence-corrected chi connectivity index (χ0v) is 15.4. The smallest absolute Gasteiger partial charge is 0.349 e. The van der Waals surface area contributed by atoms with Gasteiger partial charge in [-0.1, -0.05) is 41.4 Å². The van der Waals surface area contributed by atoms with E-state index in [0.717, 1.165) is 23.3 Å². The first-order valence-electron chi connectivity index (χ1n) is 8.06. The molecule has 8 heteroatoms. The highest BCUT2D eigenvalue weighted by Gasteiger charge is 2.33. The van der Waals surface area contributed by atoms with Crippen LogP contribution in [0.4, 0.5) is 18.9 Å². The van der Waals surface area contributed by atoms with Gasteiger partial charge < -0.3 is 10.6 Å². The Labute approximate surface area is 159 Å². The van der Waals surface area contributed by atoms with Gasteiger partial charge in [-0.15, -0.1) is 0 Å². The molecule has 0 fully saturated rings. The molecule has 0 aromatic heterocycles. The van der Waals surface area contributed by atoms with E-state index < -0.39 is 28.7 Å². The molecule has 144 valence electrons. The van der Waals surface area contributed by atoms with E-state index >= 15 is 0 Å². The van der Waals surface area contributed by atoms with Crippen molar-refractivity contribution in [2.24, 2.45) is 0 Å². The predicted octanol–water partition coefficient (Wildman–Crippen LogP) is 4.87. The van der Waals surface area contributed by atoms with Gasteiger partial charge in [-0.05, 0) is 30.7 Å². The topological polar surface area (TPSA) is 58.2 Å². The number of halogens is 4. The molecule has 0 heterocycles. The van der Waals surface area contributed by atoms with E-state index in [1.54, 1.807) is 12.1 Å². The number of hydrogen-bond donors (Lipinski definition) is 2. The van der Waals surface area contributed by atoms with Crippen molar-refractivity contribution >= 4 is 29.1 Å². The van der Waals surface area contributed by atoms with Crippen molar-refractivity contribution in [1.29, 1.82) is 0 Å². The number of amides is 2. The van der Waals surface area contributed by atoms with E-state index in [2.05, 4.69) is 10.6 Å². The van der Waals surface area contributed by atoms with Gasteiger partial charge >= 0.3 is 6.18 Å². The van der Waals surface area contributed by atoms with Crippen LogP contribution < -0.4 is 10.6 Å². The van der Waals surface area contributed by atoms with Gasteiger partial charge in [-0.3, -0.25) is 9.59 Å². The number of carbonyl (C=O) groups is 2. The highest BCUT2D eigenvalue weighted by Crippen LogP contribution is 2.36. The van der Waals surface area contributed by atoms with E-state index in [9.17, 15) is 22.8 Å². The highest BCUT2D eigenvalue weighted by atomic mass is 35.5. The zero-order valence-electron chi connectivity index (χ0n) is 14.7. The third-order valence-corrected chi connectivity index (χ3v) is 4.13. The molecule has 27 heavy (non-hydrogen) atoms. The van der Waals surface area contributed by atoms with Gasteiger partial charge in [-0.25, -0.2) is 0 Å². The summed E-state index contributed by atoms with van der Waals surface area (Å²) >= 11 is 5.57. The first-order valence-corrected chi connectivity index (χ1v) is 8.44. The van der Waals surface area contributed by atoms with Crippen molar-refractivity contribution in [3.8, 4) is 0 Å². The Morgan fingerprint density at radius 2 is 1.74 bits per heavy atom. The van der Waals surface area contributed by atoms with E-state index in [1.165, 1.54) is 13.0 Å². The van der Waals surface area contributed by atoms with Crippen LogP contribution in [0.25, 0.3) is 0 Å².